The highest BCUT2D eigenvalue weighted by molar-refractivity contribution is 7.93. The van der Waals surface area contributed by atoms with Gasteiger partial charge in [-0.05, 0) is 25.2 Å². The number of rotatable bonds is 10. The van der Waals surface area contributed by atoms with Crippen molar-refractivity contribution in [2.45, 2.75) is 4.90 Å². The Morgan fingerprint density at radius 3 is 2.56 bits per heavy atom. The summed E-state index contributed by atoms with van der Waals surface area (Å²) in [5.41, 5.74) is 1.64. The van der Waals surface area contributed by atoms with E-state index in [-0.39, 0.29) is 28.2 Å². The van der Waals surface area contributed by atoms with Crippen molar-refractivity contribution in [2.24, 2.45) is 0 Å². The minimum Gasteiger partial charge on any atom is -0.497 e. The van der Waals surface area contributed by atoms with Gasteiger partial charge in [-0.25, -0.2) is 17.8 Å². The second kappa shape index (κ2) is 12.1. The van der Waals surface area contributed by atoms with E-state index in [0.717, 1.165) is 35.7 Å². The van der Waals surface area contributed by atoms with Crippen molar-refractivity contribution in [3.05, 3.63) is 51.7 Å². The number of anilines is 4. The average Bonchev–Trinajstić information content (AvgIpc) is 3.18. The summed E-state index contributed by atoms with van der Waals surface area (Å²) in [4.78, 5) is 5.21. The van der Waals surface area contributed by atoms with E-state index in [1.54, 1.807) is 19.2 Å². The number of sulfonamides is 1. The van der Waals surface area contributed by atoms with Gasteiger partial charge in [0.15, 0.2) is 5.13 Å². The molecule has 0 fully saturated rings. The summed E-state index contributed by atoms with van der Waals surface area (Å²) in [7, 11) is 1.07. The summed E-state index contributed by atoms with van der Waals surface area (Å²) in [6.07, 6.45) is 1.29. The molecule has 34 heavy (non-hydrogen) atoms. The van der Waals surface area contributed by atoms with E-state index >= 15 is 0 Å². The fourth-order valence-electron chi connectivity index (χ4n) is 2.91. The average molecular weight is 571 g/mol. The van der Waals surface area contributed by atoms with E-state index in [9.17, 15) is 12.8 Å². The van der Waals surface area contributed by atoms with Crippen molar-refractivity contribution in [1.29, 1.82) is 0 Å². The Labute approximate surface area is 217 Å². The second-order valence-electron chi connectivity index (χ2n) is 6.87. The first-order valence-electron chi connectivity index (χ1n) is 9.58. The highest BCUT2D eigenvalue weighted by Gasteiger charge is 2.23. The highest BCUT2D eigenvalue weighted by Crippen LogP contribution is 2.36. The molecule has 0 aliphatic heterocycles. The van der Waals surface area contributed by atoms with E-state index in [4.69, 9.17) is 27.9 Å². The SMILES string of the molecule is CNCCN(C)c1cc(OC)ccc1Nc1cc(F)c(S(=O)(=O)Nc2ncc(Cl)s2)cc1Cl.Cl. The molecule has 0 radical (unpaired) electrons. The molecule has 3 rings (SSSR count). The van der Waals surface area contributed by atoms with Gasteiger partial charge >= 0.3 is 0 Å². The van der Waals surface area contributed by atoms with Crippen molar-refractivity contribution >= 4 is 79.2 Å². The number of aromatic nitrogens is 1. The third-order valence-corrected chi connectivity index (χ3v) is 7.42. The molecule has 0 aliphatic rings. The predicted molar refractivity (Wildman–Crippen MR) is 140 cm³/mol. The molecule has 0 saturated carbocycles. The monoisotopic (exact) mass is 569 g/mol. The van der Waals surface area contributed by atoms with E-state index < -0.39 is 20.7 Å². The van der Waals surface area contributed by atoms with Crippen molar-refractivity contribution in [1.82, 2.24) is 10.3 Å². The summed E-state index contributed by atoms with van der Waals surface area (Å²) in [6.45, 7) is 1.44. The fraction of sp³-hybridized carbons (Fsp3) is 0.250. The maximum absolute atomic E-state index is 14.9. The minimum atomic E-state index is -4.26. The Morgan fingerprint density at radius 1 is 1.21 bits per heavy atom. The van der Waals surface area contributed by atoms with Crippen LogP contribution < -0.4 is 25.0 Å². The van der Waals surface area contributed by atoms with Crippen LogP contribution in [0.25, 0.3) is 0 Å². The van der Waals surface area contributed by atoms with Crippen LogP contribution in [0.4, 0.5) is 26.6 Å². The van der Waals surface area contributed by atoms with Crippen LogP contribution >= 0.6 is 46.9 Å². The minimum absolute atomic E-state index is 0. The Hall–Kier alpha value is -2.02. The van der Waals surface area contributed by atoms with Crippen LogP contribution in [-0.2, 0) is 10.0 Å². The van der Waals surface area contributed by atoms with Crippen molar-refractivity contribution in [3.8, 4) is 5.75 Å². The zero-order valence-electron chi connectivity index (χ0n) is 18.4. The fourth-order valence-corrected chi connectivity index (χ4v) is 5.32. The first kappa shape index (κ1) is 28.2. The van der Waals surface area contributed by atoms with Gasteiger partial charge in [-0.1, -0.05) is 34.5 Å². The number of nitrogens with one attached hydrogen (secondary N) is 3. The molecule has 3 aromatic rings. The number of halogens is 4. The summed E-state index contributed by atoms with van der Waals surface area (Å²) in [5, 5.41) is 6.21. The molecular formula is C20H23Cl3FN5O3S2. The maximum atomic E-state index is 14.9. The summed E-state index contributed by atoms with van der Waals surface area (Å²) < 4.78 is 48.0. The largest absolute Gasteiger partial charge is 0.497 e. The van der Waals surface area contributed by atoms with Gasteiger partial charge in [0.1, 0.15) is 20.8 Å². The molecule has 8 nitrogen and oxygen atoms in total. The normalized spacial score (nSPS) is 11.0. The van der Waals surface area contributed by atoms with Gasteiger partial charge in [-0.3, -0.25) is 4.72 Å². The molecule has 0 amide bonds. The number of benzene rings is 2. The van der Waals surface area contributed by atoms with Crippen molar-refractivity contribution in [3.63, 3.8) is 0 Å². The molecule has 3 N–H and O–H groups in total. The Bertz CT molecular complexity index is 1240. The number of likely N-dealkylation sites (N-methyl/N-ethyl adjacent to an activating group) is 2. The Morgan fingerprint density at radius 2 is 1.94 bits per heavy atom. The number of nitrogens with zero attached hydrogens (tertiary/aromatic N) is 2. The number of hydrogen-bond acceptors (Lipinski definition) is 8. The lowest BCUT2D eigenvalue weighted by atomic mass is 10.2. The Kier molecular flexibility index (Phi) is 10.0. The topological polar surface area (TPSA) is 95.6 Å². The zero-order chi connectivity index (χ0) is 24.2. The van der Waals surface area contributed by atoms with Crippen LogP contribution in [0.15, 0.2) is 41.4 Å². The third kappa shape index (κ3) is 6.77. The van der Waals surface area contributed by atoms with Gasteiger partial charge in [0, 0.05) is 32.3 Å². The van der Waals surface area contributed by atoms with Gasteiger partial charge in [-0.15, -0.1) is 12.4 Å². The molecule has 0 unspecified atom stereocenters. The molecule has 186 valence electrons. The van der Waals surface area contributed by atoms with Gasteiger partial charge in [0.2, 0.25) is 0 Å². The molecule has 14 heteroatoms. The van der Waals surface area contributed by atoms with Crippen LogP contribution in [-0.4, -0.2) is 47.7 Å². The maximum Gasteiger partial charge on any atom is 0.266 e. The van der Waals surface area contributed by atoms with Gasteiger partial charge < -0.3 is 20.3 Å². The van der Waals surface area contributed by atoms with Crippen LogP contribution in [0.3, 0.4) is 0 Å². The highest BCUT2D eigenvalue weighted by atomic mass is 35.5. The first-order valence-corrected chi connectivity index (χ1v) is 12.6. The molecular weight excluding hydrogens is 548 g/mol. The standard InChI is InChI=1S/C20H22Cl2FN5O3S2.ClH/c1-24-6-7-28(2)17-8-12(31-3)4-5-15(17)26-16-10-14(23)18(9-13(16)21)33(29,30)27-20-25-11-19(22)32-20;/h4-5,8-11,24,26H,6-7H2,1-3H3,(H,25,27);1H. The number of methoxy groups -OCH3 is 1. The van der Waals surface area contributed by atoms with Crippen LogP contribution in [0.5, 0.6) is 5.75 Å². The molecule has 1 heterocycles. The lowest BCUT2D eigenvalue weighted by molar-refractivity contribution is 0.415. The van der Waals surface area contributed by atoms with Crippen LogP contribution in [0.2, 0.25) is 9.36 Å². The molecule has 0 atom stereocenters. The van der Waals surface area contributed by atoms with Gasteiger partial charge in [0.25, 0.3) is 10.0 Å². The molecule has 0 aliphatic carbocycles. The predicted octanol–water partition coefficient (Wildman–Crippen LogP) is 5.22. The van der Waals surface area contributed by atoms with Crippen LogP contribution in [0, 0.1) is 5.82 Å². The summed E-state index contributed by atoms with van der Waals surface area (Å²) in [6, 6.07) is 7.45. The van der Waals surface area contributed by atoms with Crippen LogP contribution in [0.1, 0.15) is 0 Å². The number of thiazole rings is 1. The summed E-state index contributed by atoms with van der Waals surface area (Å²) in [5.74, 6) is -0.324. The molecule has 2 aromatic carbocycles. The van der Waals surface area contributed by atoms with Gasteiger partial charge in [0.05, 0.1) is 35.4 Å². The lowest BCUT2D eigenvalue weighted by Gasteiger charge is -2.24. The number of hydrogen-bond donors (Lipinski definition) is 3. The van der Waals surface area contributed by atoms with E-state index in [0.29, 0.717) is 22.3 Å². The van der Waals surface area contributed by atoms with E-state index in [1.807, 2.05) is 25.1 Å². The van der Waals surface area contributed by atoms with E-state index in [2.05, 4.69) is 20.3 Å². The summed E-state index contributed by atoms with van der Waals surface area (Å²) >= 11 is 13.0. The second-order valence-corrected chi connectivity index (χ2v) is 10.6. The Balaban J connectivity index is 0.00000408. The quantitative estimate of drug-likeness (QED) is 0.308. The smallest absolute Gasteiger partial charge is 0.266 e. The third-order valence-electron chi connectivity index (χ3n) is 4.59. The molecule has 0 saturated heterocycles. The molecule has 0 spiro atoms. The molecule has 0 bridgehead atoms. The zero-order valence-corrected chi connectivity index (χ0v) is 22.3. The molecule has 1 aromatic heterocycles. The van der Waals surface area contributed by atoms with Crippen molar-refractivity contribution in [2.75, 3.05) is 49.2 Å². The van der Waals surface area contributed by atoms with E-state index in [1.165, 1.54) is 6.20 Å². The first-order chi connectivity index (χ1) is 15.6. The lowest BCUT2D eigenvalue weighted by Crippen LogP contribution is -2.27. The van der Waals surface area contributed by atoms with Gasteiger partial charge in [-0.2, -0.15) is 0 Å². The number of ether oxygens (including phenoxy) is 1. The van der Waals surface area contributed by atoms with Crippen molar-refractivity contribution < 1.29 is 17.5 Å².